The number of hydrogen-bond donors (Lipinski definition) is 1. The molecule has 0 saturated carbocycles. The highest BCUT2D eigenvalue weighted by Gasteiger charge is 2.23. The minimum atomic E-state index is -3.85. The summed E-state index contributed by atoms with van der Waals surface area (Å²) in [6, 6.07) is 18.8. The number of amides is 1. The molecule has 3 rings (SSSR count). The van der Waals surface area contributed by atoms with E-state index in [0.29, 0.717) is 22.7 Å². The van der Waals surface area contributed by atoms with Crippen molar-refractivity contribution in [2.45, 2.75) is 31.2 Å². The molecule has 34 heavy (non-hydrogen) atoms. The molecule has 180 valence electrons. The molecular formula is C26H30N2O5S. The molecule has 0 fully saturated rings. The van der Waals surface area contributed by atoms with Crippen molar-refractivity contribution in [1.82, 2.24) is 5.32 Å². The number of aryl methyl sites for hydroxylation is 1. The fraction of sp³-hybridized carbons (Fsp3) is 0.269. The monoisotopic (exact) mass is 482 g/mol. The van der Waals surface area contributed by atoms with Gasteiger partial charge in [0.2, 0.25) is 0 Å². The van der Waals surface area contributed by atoms with Crippen molar-refractivity contribution in [2.24, 2.45) is 0 Å². The first kappa shape index (κ1) is 25.1. The molecule has 0 saturated heterocycles. The number of rotatable bonds is 9. The lowest BCUT2D eigenvalue weighted by atomic mass is 10.0. The minimum absolute atomic E-state index is 0.0679. The van der Waals surface area contributed by atoms with E-state index in [-0.39, 0.29) is 16.8 Å². The maximum atomic E-state index is 13.1. The Hall–Kier alpha value is -3.52. The summed E-state index contributed by atoms with van der Waals surface area (Å²) in [5.41, 5.74) is 3.08. The van der Waals surface area contributed by atoms with Gasteiger partial charge in [0, 0.05) is 18.7 Å². The van der Waals surface area contributed by atoms with Crippen molar-refractivity contribution >= 4 is 21.6 Å². The Morgan fingerprint density at radius 2 is 1.56 bits per heavy atom. The number of nitrogens with zero attached hydrogens (tertiary/aromatic N) is 1. The van der Waals surface area contributed by atoms with Gasteiger partial charge >= 0.3 is 0 Å². The number of anilines is 1. The van der Waals surface area contributed by atoms with Gasteiger partial charge in [0.05, 0.1) is 30.8 Å². The molecule has 0 aliphatic heterocycles. The van der Waals surface area contributed by atoms with Gasteiger partial charge in [-0.25, -0.2) is 8.42 Å². The molecule has 1 atom stereocenters. The van der Waals surface area contributed by atoms with Crippen molar-refractivity contribution in [1.29, 1.82) is 0 Å². The zero-order valence-electron chi connectivity index (χ0n) is 20.0. The third kappa shape index (κ3) is 5.34. The topological polar surface area (TPSA) is 84.9 Å². The van der Waals surface area contributed by atoms with Crippen molar-refractivity contribution < 1.29 is 22.7 Å². The average molecular weight is 483 g/mol. The molecule has 0 aliphatic rings. The first-order valence-electron chi connectivity index (χ1n) is 10.9. The molecular weight excluding hydrogens is 452 g/mol. The van der Waals surface area contributed by atoms with Crippen LogP contribution in [0.15, 0.2) is 71.6 Å². The summed E-state index contributed by atoms with van der Waals surface area (Å²) in [6.07, 6.45) is 0.749. The SMILES string of the molecule is CC[C@H](NC(=O)c1ccc(N(C)S(=O)(=O)c2ccc(OC)c(OC)c2)cc1)c1ccc(C)cc1. The fourth-order valence-electron chi connectivity index (χ4n) is 3.56. The lowest BCUT2D eigenvalue weighted by molar-refractivity contribution is 0.0935. The molecule has 3 aromatic rings. The van der Waals surface area contributed by atoms with Gasteiger partial charge in [-0.3, -0.25) is 9.10 Å². The van der Waals surface area contributed by atoms with Crippen molar-refractivity contribution in [3.8, 4) is 11.5 Å². The van der Waals surface area contributed by atoms with Crippen LogP contribution in [0.4, 0.5) is 5.69 Å². The van der Waals surface area contributed by atoms with Crippen LogP contribution in [0, 0.1) is 6.92 Å². The van der Waals surface area contributed by atoms with Gasteiger partial charge in [0.1, 0.15) is 0 Å². The molecule has 1 N–H and O–H groups in total. The van der Waals surface area contributed by atoms with Crippen LogP contribution in [0.1, 0.15) is 40.9 Å². The zero-order valence-corrected chi connectivity index (χ0v) is 20.8. The Kier molecular flexibility index (Phi) is 7.83. The first-order chi connectivity index (χ1) is 16.2. The van der Waals surface area contributed by atoms with Crippen LogP contribution in [0.5, 0.6) is 11.5 Å². The molecule has 0 spiro atoms. The van der Waals surface area contributed by atoms with Gasteiger partial charge in [-0.15, -0.1) is 0 Å². The molecule has 0 heterocycles. The number of carbonyl (C=O) groups is 1. The predicted octanol–water partition coefficient (Wildman–Crippen LogP) is 4.72. The molecule has 0 aliphatic carbocycles. The number of sulfonamides is 1. The Balaban J connectivity index is 1.77. The summed E-state index contributed by atoms with van der Waals surface area (Å²) in [5, 5.41) is 3.05. The standard InChI is InChI=1S/C26H30N2O5S/c1-6-23(19-9-7-18(2)8-10-19)27-26(29)20-11-13-21(14-12-20)28(3)34(30,31)22-15-16-24(32-4)25(17-22)33-5/h7-17,23H,6H2,1-5H3,(H,27,29)/t23-/m0/s1. The van der Waals surface area contributed by atoms with E-state index in [0.717, 1.165) is 21.9 Å². The van der Waals surface area contributed by atoms with Crippen LogP contribution in [0.2, 0.25) is 0 Å². The number of hydrogen-bond acceptors (Lipinski definition) is 5. The number of benzene rings is 3. The summed E-state index contributed by atoms with van der Waals surface area (Å²) in [6.45, 7) is 4.04. The molecule has 0 aromatic heterocycles. The number of ether oxygens (including phenoxy) is 2. The maximum absolute atomic E-state index is 13.1. The van der Waals surface area contributed by atoms with E-state index in [1.54, 1.807) is 30.3 Å². The van der Waals surface area contributed by atoms with Crippen molar-refractivity contribution in [2.75, 3.05) is 25.6 Å². The van der Waals surface area contributed by atoms with Gasteiger partial charge in [-0.2, -0.15) is 0 Å². The number of carbonyl (C=O) groups excluding carboxylic acids is 1. The Morgan fingerprint density at radius 1 is 0.941 bits per heavy atom. The molecule has 0 unspecified atom stereocenters. The van der Waals surface area contributed by atoms with Gasteiger partial charge in [0.25, 0.3) is 15.9 Å². The van der Waals surface area contributed by atoms with E-state index < -0.39 is 10.0 Å². The summed E-state index contributed by atoms with van der Waals surface area (Å²) >= 11 is 0. The highest BCUT2D eigenvalue weighted by Crippen LogP contribution is 2.31. The zero-order chi connectivity index (χ0) is 24.9. The van der Waals surface area contributed by atoms with Gasteiger partial charge < -0.3 is 14.8 Å². The van der Waals surface area contributed by atoms with Crippen LogP contribution in [0.3, 0.4) is 0 Å². The summed E-state index contributed by atoms with van der Waals surface area (Å²) in [5.74, 6) is 0.544. The van der Waals surface area contributed by atoms with Crippen molar-refractivity contribution in [3.05, 3.63) is 83.4 Å². The highest BCUT2D eigenvalue weighted by atomic mass is 32.2. The Labute approximate surface area is 201 Å². The molecule has 0 bridgehead atoms. The second-order valence-electron chi connectivity index (χ2n) is 7.88. The molecule has 0 radical (unpaired) electrons. The van der Waals surface area contributed by atoms with Crippen LogP contribution in [-0.4, -0.2) is 35.6 Å². The maximum Gasteiger partial charge on any atom is 0.264 e. The summed E-state index contributed by atoms with van der Waals surface area (Å²) in [7, 11) is 0.549. The summed E-state index contributed by atoms with van der Waals surface area (Å²) in [4.78, 5) is 12.9. The van der Waals surface area contributed by atoms with Crippen LogP contribution >= 0.6 is 0 Å². The van der Waals surface area contributed by atoms with Crippen molar-refractivity contribution in [3.63, 3.8) is 0 Å². The van der Waals surface area contributed by atoms with E-state index in [9.17, 15) is 13.2 Å². The minimum Gasteiger partial charge on any atom is -0.493 e. The van der Waals surface area contributed by atoms with Crippen LogP contribution in [0.25, 0.3) is 0 Å². The van der Waals surface area contributed by atoms with Gasteiger partial charge in [0.15, 0.2) is 11.5 Å². The second-order valence-corrected chi connectivity index (χ2v) is 9.85. The van der Waals surface area contributed by atoms with E-state index in [1.807, 2.05) is 38.1 Å². The quantitative estimate of drug-likeness (QED) is 0.477. The lowest BCUT2D eigenvalue weighted by Gasteiger charge is -2.21. The van der Waals surface area contributed by atoms with E-state index >= 15 is 0 Å². The third-order valence-corrected chi connectivity index (χ3v) is 7.48. The molecule has 1 amide bonds. The lowest BCUT2D eigenvalue weighted by Crippen LogP contribution is -2.28. The molecule has 7 nitrogen and oxygen atoms in total. The van der Waals surface area contributed by atoms with Gasteiger partial charge in [-0.05, 0) is 55.3 Å². The normalized spacial score (nSPS) is 12.0. The van der Waals surface area contributed by atoms with Gasteiger partial charge in [-0.1, -0.05) is 36.8 Å². The van der Waals surface area contributed by atoms with E-state index in [4.69, 9.17) is 9.47 Å². The summed E-state index contributed by atoms with van der Waals surface area (Å²) < 4.78 is 37.8. The average Bonchev–Trinajstić information content (AvgIpc) is 2.86. The first-order valence-corrected chi connectivity index (χ1v) is 12.3. The van der Waals surface area contributed by atoms with Crippen LogP contribution in [-0.2, 0) is 10.0 Å². The van der Waals surface area contributed by atoms with E-state index in [1.165, 1.54) is 33.4 Å². The Bertz CT molecular complexity index is 1240. The van der Waals surface area contributed by atoms with Crippen LogP contribution < -0.4 is 19.1 Å². The number of methoxy groups -OCH3 is 2. The fourth-order valence-corrected chi connectivity index (χ4v) is 4.77. The highest BCUT2D eigenvalue weighted by molar-refractivity contribution is 7.92. The second kappa shape index (κ2) is 10.6. The number of nitrogens with one attached hydrogen (secondary N) is 1. The largest absolute Gasteiger partial charge is 0.493 e. The molecule has 3 aromatic carbocycles. The predicted molar refractivity (Wildman–Crippen MR) is 133 cm³/mol. The molecule has 8 heteroatoms. The van der Waals surface area contributed by atoms with E-state index in [2.05, 4.69) is 5.32 Å². The third-order valence-electron chi connectivity index (χ3n) is 5.70. The smallest absolute Gasteiger partial charge is 0.264 e. The Morgan fingerprint density at radius 3 is 2.12 bits per heavy atom.